The van der Waals surface area contributed by atoms with Crippen molar-refractivity contribution in [2.24, 2.45) is 5.92 Å². The molecule has 1 aliphatic heterocycles. The van der Waals surface area contributed by atoms with Crippen molar-refractivity contribution in [3.63, 3.8) is 0 Å². The Kier molecular flexibility index (Phi) is 4.81. The van der Waals surface area contributed by atoms with Crippen LogP contribution in [0.4, 0.5) is 16.1 Å². The zero-order valence-corrected chi connectivity index (χ0v) is 16.9. The highest BCUT2D eigenvalue weighted by molar-refractivity contribution is 6.03. The number of ether oxygens (including phenoxy) is 1. The van der Waals surface area contributed by atoms with Crippen molar-refractivity contribution in [2.45, 2.75) is 6.42 Å². The highest BCUT2D eigenvalue weighted by Gasteiger charge is 2.35. The van der Waals surface area contributed by atoms with Gasteiger partial charge in [-0.3, -0.25) is 14.9 Å². The molecule has 3 heterocycles. The highest BCUT2D eigenvalue weighted by Crippen LogP contribution is 2.33. The number of carbonyl (C=O) groups excluding carboxylic acids is 2. The van der Waals surface area contributed by atoms with Crippen molar-refractivity contribution < 1.29 is 27.6 Å². The molecule has 1 fully saturated rings. The zero-order valence-electron chi connectivity index (χ0n) is 16.9. The lowest BCUT2D eigenvalue weighted by Crippen LogP contribution is -2.28. The number of hydrogen-bond donors (Lipinski definition) is 1. The maximum atomic E-state index is 13.1. The van der Waals surface area contributed by atoms with Gasteiger partial charge in [0.25, 0.3) is 5.89 Å². The number of rotatable bonds is 5. The molecule has 2 aromatic carbocycles. The topological polar surface area (TPSA) is 111 Å². The molecule has 0 spiro atoms. The lowest BCUT2D eigenvalue weighted by molar-refractivity contribution is -0.122. The van der Waals surface area contributed by atoms with Crippen LogP contribution in [0.1, 0.15) is 6.42 Å². The van der Waals surface area contributed by atoms with E-state index in [-0.39, 0.29) is 30.8 Å². The van der Waals surface area contributed by atoms with Crippen molar-refractivity contribution in [3.05, 3.63) is 54.3 Å². The lowest BCUT2D eigenvalue weighted by Gasteiger charge is -2.16. The molecule has 1 aliphatic rings. The Morgan fingerprint density at radius 2 is 2.00 bits per heavy atom. The van der Waals surface area contributed by atoms with E-state index in [1.807, 2.05) is 12.1 Å². The SMILES string of the molecule is COc1cccc2cc(-c3nnc(NC(=O)C4CC(=O)N(c5ccc(F)cc5)C4)o3)oc12. The van der Waals surface area contributed by atoms with Gasteiger partial charge in [0.2, 0.25) is 11.8 Å². The fourth-order valence-corrected chi connectivity index (χ4v) is 3.64. The number of nitrogens with one attached hydrogen (secondary N) is 1. The van der Waals surface area contributed by atoms with E-state index in [9.17, 15) is 14.0 Å². The number of halogens is 1. The van der Waals surface area contributed by atoms with E-state index in [1.54, 1.807) is 19.2 Å². The third-order valence-electron chi connectivity index (χ3n) is 5.23. The summed E-state index contributed by atoms with van der Waals surface area (Å²) < 4.78 is 29.7. The summed E-state index contributed by atoms with van der Waals surface area (Å²) in [5, 5.41) is 11.1. The molecule has 1 N–H and O–H groups in total. The number of methoxy groups -OCH3 is 1. The van der Waals surface area contributed by atoms with Gasteiger partial charge in [0.15, 0.2) is 17.1 Å². The number of fused-ring (bicyclic) bond motifs is 1. The summed E-state index contributed by atoms with van der Waals surface area (Å²) in [5.74, 6) is -0.671. The number of benzene rings is 2. The van der Waals surface area contributed by atoms with Gasteiger partial charge in [0.05, 0.1) is 13.0 Å². The third-order valence-corrected chi connectivity index (χ3v) is 5.23. The molecule has 32 heavy (non-hydrogen) atoms. The molecule has 2 amide bonds. The van der Waals surface area contributed by atoms with Gasteiger partial charge in [-0.15, -0.1) is 5.10 Å². The molecule has 0 bridgehead atoms. The van der Waals surface area contributed by atoms with Crippen molar-refractivity contribution in [1.29, 1.82) is 0 Å². The predicted molar refractivity (Wildman–Crippen MR) is 112 cm³/mol. The van der Waals surface area contributed by atoms with E-state index in [1.165, 1.54) is 29.2 Å². The Bertz CT molecular complexity index is 1310. The van der Waals surface area contributed by atoms with E-state index in [4.69, 9.17) is 13.6 Å². The number of hydrogen-bond acceptors (Lipinski definition) is 7. The summed E-state index contributed by atoms with van der Waals surface area (Å²) in [5.41, 5.74) is 1.08. The fraction of sp³-hybridized carbons (Fsp3) is 0.182. The van der Waals surface area contributed by atoms with Gasteiger partial charge in [-0.25, -0.2) is 4.39 Å². The summed E-state index contributed by atoms with van der Waals surface area (Å²) in [6, 6.07) is 12.6. The summed E-state index contributed by atoms with van der Waals surface area (Å²) in [4.78, 5) is 26.4. The quantitative estimate of drug-likeness (QED) is 0.509. The summed E-state index contributed by atoms with van der Waals surface area (Å²) in [7, 11) is 1.54. The van der Waals surface area contributed by atoms with Crippen molar-refractivity contribution in [1.82, 2.24) is 10.2 Å². The Labute approximate surface area is 180 Å². The second kappa shape index (κ2) is 7.80. The standard InChI is InChI=1S/C22H17FN4O5/c1-30-16-4-2-3-12-9-17(31-19(12)16)21-25-26-22(32-21)24-20(29)13-10-18(28)27(11-13)15-7-5-14(23)6-8-15/h2-9,13H,10-11H2,1H3,(H,24,26,29). The number of nitrogens with zero attached hydrogens (tertiary/aromatic N) is 3. The minimum Gasteiger partial charge on any atom is -0.493 e. The Hall–Kier alpha value is -4.21. The van der Waals surface area contributed by atoms with Gasteiger partial charge in [-0.05, 0) is 36.4 Å². The normalized spacial score (nSPS) is 16.0. The average Bonchev–Trinajstić information content (AvgIpc) is 3.52. The Morgan fingerprint density at radius 1 is 1.19 bits per heavy atom. The molecule has 0 saturated carbocycles. The van der Waals surface area contributed by atoms with Crippen molar-refractivity contribution >= 4 is 34.5 Å². The molecule has 5 rings (SSSR count). The summed E-state index contributed by atoms with van der Waals surface area (Å²) in [6.07, 6.45) is 0.0214. The van der Waals surface area contributed by atoms with Gasteiger partial charge in [-0.2, -0.15) is 0 Å². The van der Waals surface area contributed by atoms with E-state index in [0.717, 1.165) is 5.39 Å². The maximum Gasteiger partial charge on any atom is 0.322 e. The largest absolute Gasteiger partial charge is 0.493 e. The van der Waals surface area contributed by atoms with Gasteiger partial charge in [0, 0.05) is 24.0 Å². The van der Waals surface area contributed by atoms with Crippen LogP contribution in [0.2, 0.25) is 0 Å². The van der Waals surface area contributed by atoms with Crippen LogP contribution in [0.3, 0.4) is 0 Å². The lowest BCUT2D eigenvalue weighted by atomic mass is 10.1. The van der Waals surface area contributed by atoms with Crippen molar-refractivity contribution in [2.75, 3.05) is 23.9 Å². The summed E-state index contributed by atoms with van der Waals surface area (Å²) >= 11 is 0. The van der Waals surface area contributed by atoms with Crippen LogP contribution in [0.15, 0.2) is 57.4 Å². The number of para-hydroxylation sites is 1. The van der Waals surface area contributed by atoms with Crippen molar-refractivity contribution in [3.8, 4) is 17.4 Å². The van der Waals surface area contributed by atoms with Gasteiger partial charge < -0.3 is 18.5 Å². The van der Waals surface area contributed by atoms with E-state index in [0.29, 0.717) is 22.8 Å². The average molecular weight is 436 g/mol. The van der Waals surface area contributed by atoms with Crippen LogP contribution in [0.25, 0.3) is 22.6 Å². The van der Waals surface area contributed by atoms with Crippen LogP contribution in [0.5, 0.6) is 5.75 Å². The minimum absolute atomic E-state index is 0.0214. The molecule has 2 aromatic heterocycles. The minimum atomic E-state index is -0.613. The van der Waals surface area contributed by atoms with Gasteiger partial charge >= 0.3 is 6.01 Å². The number of anilines is 2. The Balaban J connectivity index is 1.29. The monoisotopic (exact) mass is 436 g/mol. The Morgan fingerprint density at radius 3 is 2.78 bits per heavy atom. The first-order chi connectivity index (χ1) is 15.5. The molecule has 1 unspecified atom stereocenters. The first kappa shape index (κ1) is 19.7. The smallest absolute Gasteiger partial charge is 0.322 e. The molecule has 1 saturated heterocycles. The third kappa shape index (κ3) is 3.55. The van der Waals surface area contributed by atoms with E-state index in [2.05, 4.69) is 15.5 Å². The first-order valence-electron chi connectivity index (χ1n) is 9.79. The highest BCUT2D eigenvalue weighted by atomic mass is 19.1. The zero-order chi connectivity index (χ0) is 22.2. The molecular weight excluding hydrogens is 419 g/mol. The number of aromatic nitrogens is 2. The molecule has 162 valence electrons. The van der Waals surface area contributed by atoms with Gasteiger partial charge in [-0.1, -0.05) is 17.2 Å². The van der Waals surface area contributed by atoms with Crippen LogP contribution in [-0.2, 0) is 9.59 Å². The van der Waals surface area contributed by atoms with Crippen LogP contribution < -0.4 is 15.0 Å². The summed E-state index contributed by atoms with van der Waals surface area (Å²) in [6.45, 7) is 0.167. The molecule has 4 aromatic rings. The molecule has 10 heteroatoms. The van der Waals surface area contributed by atoms with Crippen LogP contribution in [-0.4, -0.2) is 35.7 Å². The molecule has 0 aliphatic carbocycles. The van der Waals surface area contributed by atoms with E-state index < -0.39 is 17.6 Å². The fourth-order valence-electron chi connectivity index (χ4n) is 3.64. The molecule has 9 nitrogen and oxygen atoms in total. The molecule has 1 atom stereocenters. The maximum absolute atomic E-state index is 13.1. The number of carbonyl (C=O) groups is 2. The first-order valence-corrected chi connectivity index (χ1v) is 9.79. The molecular formula is C22H17FN4O5. The molecule has 0 radical (unpaired) electrons. The van der Waals surface area contributed by atoms with Crippen LogP contribution in [0, 0.1) is 11.7 Å². The van der Waals surface area contributed by atoms with Gasteiger partial charge in [0.1, 0.15) is 5.82 Å². The number of amides is 2. The second-order valence-electron chi connectivity index (χ2n) is 7.27. The predicted octanol–water partition coefficient (Wildman–Crippen LogP) is 3.62. The van der Waals surface area contributed by atoms with E-state index >= 15 is 0 Å². The van der Waals surface area contributed by atoms with Crippen LogP contribution >= 0.6 is 0 Å². The second-order valence-corrected chi connectivity index (χ2v) is 7.27. The number of furan rings is 1.